The Balaban J connectivity index is 2.17. The number of aryl methyl sites for hydroxylation is 1. The van der Waals surface area contributed by atoms with Gasteiger partial charge in [-0.15, -0.1) is 0 Å². The van der Waals surface area contributed by atoms with Gasteiger partial charge in [-0.1, -0.05) is 0 Å². The number of piperidine rings is 1. The number of aliphatic hydroxyl groups is 1. The molecule has 1 aliphatic heterocycles. The Bertz CT molecular complexity index is 361. The Hall–Kier alpha value is -1.42. The van der Waals surface area contributed by atoms with E-state index in [1.165, 1.54) is 0 Å². The number of amides is 1. The van der Waals surface area contributed by atoms with Gasteiger partial charge in [-0.3, -0.25) is 9.78 Å². The summed E-state index contributed by atoms with van der Waals surface area (Å²) in [6.07, 6.45) is 2.07. The lowest BCUT2D eigenvalue weighted by Crippen LogP contribution is -2.40. The molecular weight excluding hydrogens is 192 g/mol. The predicted octanol–water partition coefficient (Wildman–Crippen LogP) is 0.878. The molecule has 1 aliphatic rings. The van der Waals surface area contributed by atoms with E-state index in [9.17, 15) is 9.90 Å². The molecule has 0 aromatic carbocycles. The van der Waals surface area contributed by atoms with Crippen molar-refractivity contribution in [1.29, 1.82) is 0 Å². The minimum absolute atomic E-state index is 0.0283. The zero-order chi connectivity index (χ0) is 10.8. The zero-order valence-corrected chi connectivity index (χ0v) is 8.68. The molecule has 1 unspecified atom stereocenters. The van der Waals surface area contributed by atoms with Crippen molar-refractivity contribution in [3.63, 3.8) is 0 Å². The number of rotatable bonds is 1. The van der Waals surface area contributed by atoms with Crippen LogP contribution in [0.5, 0.6) is 0 Å². The van der Waals surface area contributed by atoms with E-state index in [-0.39, 0.29) is 12.3 Å². The van der Waals surface area contributed by atoms with E-state index in [1.54, 1.807) is 11.1 Å². The van der Waals surface area contributed by atoms with Crippen molar-refractivity contribution in [3.05, 3.63) is 24.0 Å². The van der Waals surface area contributed by atoms with Gasteiger partial charge in [0.25, 0.3) is 0 Å². The number of aromatic nitrogens is 1. The first-order valence-electron chi connectivity index (χ1n) is 5.08. The standard InChI is InChI=1S/C11H14N2O2/c1-8-2-3-9(7-12-8)13-5-4-10(14)6-11(13)15/h2-3,7,10,14H,4-6H2,1H3. The molecule has 0 saturated carbocycles. The normalized spacial score (nSPS) is 21.9. The lowest BCUT2D eigenvalue weighted by Gasteiger charge is -2.29. The Morgan fingerprint density at radius 3 is 2.93 bits per heavy atom. The second kappa shape index (κ2) is 3.98. The molecule has 1 amide bonds. The van der Waals surface area contributed by atoms with Crippen LogP contribution in [0.2, 0.25) is 0 Å². The number of carbonyl (C=O) groups excluding carboxylic acids is 1. The van der Waals surface area contributed by atoms with Gasteiger partial charge in [0.1, 0.15) is 0 Å². The first-order valence-corrected chi connectivity index (χ1v) is 5.08. The number of anilines is 1. The molecule has 15 heavy (non-hydrogen) atoms. The van der Waals surface area contributed by atoms with Gasteiger partial charge in [0, 0.05) is 12.2 Å². The van der Waals surface area contributed by atoms with Gasteiger partial charge in [-0.25, -0.2) is 0 Å². The fourth-order valence-electron chi connectivity index (χ4n) is 1.71. The molecular formula is C11H14N2O2. The summed E-state index contributed by atoms with van der Waals surface area (Å²) < 4.78 is 0. The lowest BCUT2D eigenvalue weighted by atomic mass is 10.1. The molecule has 2 heterocycles. The Kier molecular flexibility index (Phi) is 2.68. The third kappa shape index (κ3) is 2.15. The van der Waals surface area contributed by atoms with E-state index in [4.69, 9.17) is 0 Å². The van der Waals surface area contributed by atoms with Crippen molar-refractivity contribution in [2.45, 2.75) is 25.9 Å². The molecule has 0 bridgehead atoms. The summed E-state index contributed by atoms with van der Waals surface area (Å²) in [4.78, 5) is 17.5. The average Bonchev–Trinajstić information content (AvgIpc) is 2.20. The molecule has 1 fully saturated rings. The molecule has 0 spiro atoms. The van der Waals surface area contributed by atoms with E-state index in [2.05, 4.69) is 4.98 Å². The largest absolute Gasteiger partial charge is 0.393 e. The second-order valence-electron chi connectivity index (χ2n) is 3.85. The van der Waals surface area contributed by atoms with Crippen molar-refractivity contribution < 1.29 is 9.90 Å². The molecule has 4 nitrogen and oxygen atoms in total. The molecule has 1 aromatic heterocycles. The number of hydrogen-bond acceptors (Lipinski definition) is 3. The van der Waals surface area contributed by atoms with Crippen LogP contribution in [0.4, 0.5) is 5.69 Å². The van der Waals surface area contributed by atoms with Gasteiger partial charge in [-0.2, -0.15) is 0 Å². The maximum absolute atomic E-state index is 11.6. The topological polar surface area (TPSA) is 53.4 Å². The van der Waals surface area contributed by atoms with E-state index in [0.29, 0.717) is 13.0 Å². The maximum atomic E-state index is 11.6. The van der Waals surface area contributed by atoms with E-state index in [1.807, 2.05) is 19.1 Å². The first-order chi connectivity index (χ1) is 7.16. The van der Waals surface area contributed by atoms with Crippen molar-refractivity contribution in [2.24, 2.45) is 0 Å². The van der Waals surface area contributed by atoms with Gasteiger partial charge in [0.15, 0.2) is 0 Å². The fraction of sp³-hybridized carbons (Fsp3) is 0.455. The Labute approximate surface area is 88.6 Å². The summed E-state index contributed by atoms with van der Waals surface area (Å²) >= 11 is 0. The molecule has 1 N–H and O–H groups in total. The second-order valence-corrected chi connectivity index (χ2v) is 3.85. The fourth-order valence-corrected chi connectivity index (χ4v) is 1.71. The smallest absolute Gasteiger partial charge is 0.229 e. The van der Waals surface area contributed by atoms with Gasteiger partial charge >= 0.3 is 0 Å². The Morgan fingerprint density at radius 1 is 1.53 bits per heavy atom. The van der Waals surface area contributed by atoms with Crippen molar-refractivity contribution in [1.82, 2.24) is 4.98 Å². The van der Waals surface area contributed by atoms with Crippen molar-refractivity contribution in [3.8, 4) is 0 Å². The highest BCUT2D eigenvalue weighted by Crippen LogP contribution is 2.20. The third-order valence-electron chi connectivity index (χ3n) is 2.60. The van der Waals surface area contributed by atoms with Crippen LogP contribution in [0.15, 0.2) is 18.3 Å². The minimum Gasteiger partial charge on any atom is -0.393 e. The molecule has 2 rings (SSSR count). The first kappa shape index (κ1) is 10.1. The number of carbonyl (C=O) groups is 1. The molecule has 80 valence electrons. The number of aliphatic hydroxyl groups excluding tert-OH is 1. The molecule has 1 saturated heterocycles. The molecule has 1 atom stereocenters. The van der Waals surface area contributed by atoms with E-state index >= 15 is 0 Å². The third-order valence-corrected chi connectivity index (χ3v) is 2.60. The van der Waals surface area contributed by atoms with Gasteiger partial charge < -0.3 is 10.0 Å². The van der Waals surface area contributed by atoms with Crippen LogP contribution in [0.3, 0.4) is 0 Å². The van der Waals surface area contributed by atoms with Gasteiger partial charge in [0.2, 0.25) is 5.91 Å². The highest BCUT2D eigenvalue weighted by Gasteiger charge is 2.25. The summed E-state index contributed by atoms with van der Waals surface area (Å²) in [6.45, 7) is 2.48. The summed E-state index contributed by atoms with van der Waals surface area (Å²) in [5.41, 5.74) is 1.75. The van der Waals surface area contributed by atoms with Crippen LogP contribution in [0.25, 0.3) is 0 Å². The number of hydrogen-bond donors (Lipinski definition) is 1. The zero-order valence-electron chi connectivity index (χ0n) is 8.68. The van der Waals surface area contributed by atoms with Crippen molar-refractivity contribution >= 4 is 11.6 Å². The van der Waals surface area contributed by atoms with Gasteiger partial charge in [0.05, 0.1) is 24.4 Å². The van der Waals surface area contributed by atoms with E-state index in [0.717, 1.165) is 11.4 Å². The van der Waals surface area contributed by atoms with Gasteiger partial charge in [-0.05, 0) is 25.5 Å². The SMILES string of the molecule is Cc1ccc(N2CCC(O)CC2=O)cn1. The molecule has 0 aliphatic carbocycles. The number of nitrogens with zero attached hydrogens (tertiary/aromatic N) is 2. The van der Waals surface area contributed by atoms with Crippen LogP contribution in [0, 0.1) is 6.92 Å². The highest BCUT2D eigenvalue weighted by molar-refractivity contribution is 5.94. The molecule has 1 aromatic rings. The van der Waals surface area contributed by atoms with Crippen LogP contribution in [-0.4, -0.2) is 28.6 Å². The Morgan fingerprint density at radius 2 is 2.33 bits per heavy atom. The van der Waals surface area contributed by atoms with Crippen LogP contribution >= 0.6 is 0 Å². The minimum atomic E-state index is -0.479. The summed E-state index contributed by atoms with van der Waals surface area (Å²) in [5.74, 6) is -0.0283. The van der Waals surface area contributed by atoms with E-state index < -0.39 is 6.10 Å². The monoisotopic (exact) mass is 206 g/mol. The van der Waals surface area contributed by atoms with Crippen molar-refractivity contribution in [2.75, 3.05) is 11.4 Å². The summed E-state index contributed by atoms with van der Waals surface area (Å²) in [6, 6.07) is 3.77. The lowest BCUT2D eigenvalue weighted by molar-refractivity contribution is -0.122. The van der Waals surface area contributed by atoms with Crippen LogP contribution in [-0.2, 0) is 4.79 Å². The molecule has 4 heteroatoms. The number of pyridine rings is 1. The average molecular weight is 206 g/mol. The summed E-state index contributed by atoms with van der Waals surface area (Å²) in [7, 11) is 0. The van der Waals surface area contributed by atoms with Crippen LogP contribution < -0.4 is 4.90 Å². The quantitative estimate of drug-likeness (QED) is 0.742. The molecule has 0 radical (unpaired) electrons. The van der Waals surface area contributed by atoms with Crippen LogP contribution in [0.1, 0.15) is 18.5 Å². The predicted molar refractivity (Wildman–Crippen MR) is 56.6 cm³/mol. The summed E-state index contributed by atoms with van der Waals surface area (Å²) in [5, 5.41) is 9.33. The highest BCUT2D eigenvalue weighted by atomic mass is 16.3. The maximum Gasteiger partial charge on any atom is 0.229 e.